The fraction of sp³-hybridized carbons (Fsp3) is 0.0833. The van der Waals surface area contributed by atoms with Crippen molar-refractivity contribution in [3.05, 3.63) is 42.2 Å². The third-order valence-electron chi connectivity index (χ3n) is 2.11. The van der Waals surface area contributed by atoms with Crippen LogP contribution in [-0.4, -0.2) is 16.6 Å². The van der Waals surface area contributed by atoms with Crippen LogP contribution >= 0.6 is 0 Å². The maximum atomic E-state index is 12.0. The Morgan fingerprint density at radius 3 is 2.50 bits per heavy atom. The molecule has 0 radical (unpaired) electrons. The molecule has 0 atom stereocenters. The molecule has 0 spiro atoms. The zero-order chi connectivity index (χ0) is 13.0. The number of hydrogen-bond acceptors (Lipinski definition) is 4. The van der Waals surface area contributed by atoms with E-state index in [-0.39, 0.29) is 11.4 Å². The minimum absolute atomic E-state index is 0.0604. The van der Waals surface area contributed by atoms with Crippen molar-refractivity contribution in [2.45, 2.75) is 6.61 Å². The molecule has 1 aromatic carbocycles. The standard InChI is InChI=1S/C12H7F2N3O/c13-12(14)18-10-3-1-8(2-4-10)11-16-6-5-9(7-15)17-11/h1-6,12H. The third-order valence-corrected chi connectivity index (χ3v) is 2.11. The zero-order valence-electron chi connectivity index (χ0n) is 9.05. The Balaban J connectivity index is 2.26. The van der Waals surface area contributed by atoms with Crippen molar-refractivity contribution in [1.29, 1.82) is 5.26 Å². The van der Waals surface area contributed by atoms with Gasteiger partial charge in [0.15, 0.2) is 5.82 Å². The molecule has 0 aliphatic heterocycles. The average Bonchev–Trinajstić information content (AvgIpc) is 2.39. The highest BCUT2D eigenvalue weighted by molar-refractivity contribution is 5.56. The smallest absolute Gasteiger partial charge is 0.387 e. The van der Waals surface area contributed by atoms with Gasteiger partial charge >= 0.3 is 6.61 Å². The van der Waals surface area contributed by atoms with Crippen LogP contribution in [0.25, 0.3) is 11.4 Å². The molecule has 0 aliphatic rings. The van der Waals surface area contributed by atoms with Crippen molar-refractivity contribution in [3.63, 3.8) is 0 Å². The second-order valence-corrected chi connectivity index (χ2v) is 3.28. The van der Waals surface area contributed by atoms with Crippen LogP contribution in [0.4, 0.5) is 8.78 Å². The quantitative estimate of drug-likeness (QED) is 0.836. The predicted molar refractivity (Wildman–Crippen MR) is 58.8 cm³/mol. The first kappa shape index (κ1) is 11.9. The van der Waals surface area contributed by atoms with E-state index in [0.717, 1.165) is 0 Å². The van der Waals surface area contributed by atoms with Gasteiger partial charge in [-0.2, -0.15) is 14.0 Å². The molecule has 6 heteroatoms. The normalized spacial score (nSPS) is 10.1. The summed E-state index contributed by atoms with van der Waals surface area (Å²) in [6, 6.07) is 9.27. The molecule has 4 nitrogen and oxygen atoms in total. The van der Waals surface area contributed by atoms with Gasteiger partial charge in [0, 0.05) is 11.8 Å². The Bertz CT molecular complexity index is 579. The van der Waals surface area contributed by atoms with E-state index in [9.17, 15) is 8.78 Å². The van der Waals surface area contributed by atoms with Crippen LogP contribution in [0.2, 0.25) is 0 Å². The Morgan fingerprint density at radius 1 is 1.17 bits per heavy atom. The molecule has 2 aromatic rings. The summed E-state index contributed by atoms with van der Waals surface area (Å²) in [6.45, 7) is -2.85. The Hall–Kier alpha value is -2.55. The molecular formula is C12H7F2N3O. The second-order valence-electron chi connectivity index (χ2n) is 3.28. The fourth-order valence-corrected chi connectivity index (χ4v) is 1.35. The summed E-state index contributed by atoms with van der Waals surface area (Å²) < 4.78 is 28.1. The van der Waals surface area contributed by atoms with Crippen molar-refractivity contribution in [1.82, 2.24) is 9.97 Å². The van der Waals surface area contributed by atoms with Gasteiger partial charge in [0.1, 0.15) is 17.5 Å². The number of aromatic nitrogens is 2. The number of alkyl halides is 2. The molecule has 0 saturated carbocycles. The molecule has 0 bridgehead atoms. The molecule has 2 rings (SSSR count). The van der Waals surface area contributed by atoms with Crippen LogP contribution < -0.4 is 4.74 Å². The molecule has 0 unspecified atom stereocenters. The van der Waals surface area contributed by atoms with Crippen LogP contribution in [0.1, 0.15) is 5.69 Å². The number of halogens is 2. The molecule has 0 fully saturated rings. The highest BCUT2D eigenvalue weighted by Gasteiger charge is 2.06. The lowest BCUT2D eigenvalue weighted by Crippen LogP contribution is -2.01. The summed E-state index contributed by atoms with van der Waals surface area (Å²) in [5.74, 6) is 0.419. The Kier molecular flexibility index (Phi) is 3.44. The summed E-state index contributed by atoms with van der Waals surface area (Å²) in [7, 11) is 0. The van der Waals surface area contributed by atoms with E-state index >= 15 is 0 Å². The third kappa shape index (κ3) is 2.77. The van der Waals surface area contributed by atoms with E-state index in [1.807, 2.05) is 6.07 Å². The molecule has 0 aliphatic carbocycles. The number of benzene rings is 1. The molecule has 1 aromatic heterocycles. The first-order valence-electron chi connectivity index (χ1n) is 4.97. The number of ether oxygens (including phenoxy) is 1. The van der Waals surface area contributed by atoms with Crippen LogP contribution in [0.3, 0.4) is 0 Å². The maximum absolute atomic E-state index is 12.0. The maximum Gasteiger partial charge on any atom is 0.387 e. The molecule has 1 heterocycles. The molecule has 0 saturated heterocycles. The summed E-state index contributed by atoms with van der Waals surface area (Å²) in [5.41, 5.74) is 0.863. The lowest BCUT2D eigenvalue weighted by atomic mass is 10.2. The fourth-order valence-electron chi connectivity index (χ4n) is 1.35. The molecule has 0 N–H and O–H groups in total. The molecule has 90 valence electrons. The van der Waals surface area contributed by atoms with Crippen molar-refractivity contribution in [2.24, 2.45) is 0 Å². The van der Waals surface area contributed by atoms with E-state index in [2.05, 4.69) is 14.7 Å². The molecular weight excluding hydrogens is 240 g/mol. The van der Waals surface area contributed by atoms with Crippen molar-refractivity contribution >= 4 is 0 Å². The van der Waals surface area contributed by atoms with Crippen LogP contribution in [0.15, 0.2) is 36.5 Å². The summed E-state index contributed by atoms with van der Waals surface area (Å²) in [6.07, 6.45) is 1.46. The minimum atomic E-state index is -2.85. The van der Waals surface area contributed by atoms with Crippen molar-refractivity contribution < 1.29 is 13.5 Å². The van der Waals surface area contributed by atoms with Crippen LogP contribution in [-0.2, 0) is 0 Å². The Morgan fingerprint density at radius 2 is 1.89 bits per heavy atom. The Labute approximate surface area is 101 Å². The molecule has 0 amide bonds. The average molecular weight is 247 g/mol. The van der Waals surface area contributed by atoms with Gasteiger partial charge in [-0.3, -0.25) is 0 Å². The van der Waals surface area contributed by atoms with Gasteiger partial charge in [0.2, 0.25) is 0 Å². The minimum Gasteiger partial charge on any atom is -0.435 e. The lowest BCUT2D eigenvalue weighted by molar-refractivity contribution is -0.0498. The lowest BCUT2D eigenvalue weighted by Gasteiger charge is -2.05. The van der Waals surface area contributed by atoms with Gasteiger partial charge in [-0.05, 0) is 30.3 Å². The summed E-state index contributed by atoms with van der Waals surface area (Å²) >= 11 is 0. The number of hydrogen-bond donors (Lipinski definition) is 0. The van der Waals surface area contributed by atoms with Gasteiger partial charge in [-0.25, -0.2) is 9.97 Å². The molecule has 18 heavy (non-hydrogen) atoms. The number of nitrogens with zero attached hydrogens (tertiary/aromatic N) is 3. The first-order chi connectivity index (χ1) is 8.69. The largest absolute Gasteiger partial charge is 0.435 e. The number of rotatable bonds is 3. The van der Waals surface area contributed by atoms with E-state index in [1.165, 1.54) is 24.4 Å². The predicted octanol–water partition coefficient (Wildman–Crippen LogP) is 2.62. The van der Waals surface area contributed by atoms with Gasteiger partial charge in [-0.15, -0.1) is 0 Å². The highest BCUT2D eigenvalue weighted by Crippen LogP contribution is 2.20. The first-order valence-corrected chi connectivity index (χ1v) is 4.97. The van der Waals surface area contributed by atoms with Crippen molar-refractivity contribution in [3.8, 4) is 23.2 Å². The van der Waals surface area contributed by atoms with E-state index < -0.39 is 6.61 Å². The van der Waals surface area contributed by atoms with E-state index in [1.54, 1.807) is 12.1 Å². The van der Waals surface area contributed by atoms with E-state index in [0.29, 0.717) is 11.4 Å². The zero-order valence-corrected chi connectivity index (χ0v) is 9.05. The summed E-state index contributed by atoms with van der Waals surface area (Å²) in [4.78, 5) is 7.99. The SMILES string of the molecule is N#Cc1ccnc(-c2ccc(OC(F)F)cc2)n1. The van der Waals surface area contributed by atoms with Gasteiger partial charge in [0.05, 0.1) is 0 Å². The topological polar surface area (TPSA) is 58.8 Å². The highest BCUT2D eigenvalue weighted by atomic mass is 19.3. The summed E-state index contributed by atoms with van der Waals surface area (Å²) in [5, 5.41) is 8.71. The second kappa shape index (κ2) is 5.19. The number of nitriles is 1. The van der Waals surface area contributed by atoms with Gasteiger partial charge in [0.25, 0.3) is 0 Å². The van der Waals surface area contributed by atoms with E-state index in [4.69, 9.17) is 5.26 Å². The van der Waals surface area contributed by atoms with Crippen LogP contribution in [0, 0.1) is 11.3 Å². The van der Waals surface area contributed by atoms with Crippen molar-refractivity contribution in [2.75, 3.05) is 0 Å². The van der Waals surface area contributed by atoms with Gasteiger partial charge in [-0.1, -0.05) is 0 Å². The van der Waals surface area contributed by atoms with Gasteiger partial charge < -0.3 is 4.74 Å². The van der Waals surface area contributed by atoms with Crippen LogP contribution in [0.5, 0.6) is 5.75 Å². The monoisotopic (exact) mass is 247 g/mol.